The number of anilines is 1. The van der Waals surface area contributed by atoms with Crippen LogP contribution < -0.4 is 14.8 Å². The fourth-order valence-corrected chi connectivity index (χ4v) is 5.36. The largest absolute Gasteiger partial charge is 0.496 e. The first kappa shape index (κ1) is 24.8. The first-order valence-electron chi connectivity index (χ1n) is 11.6. The van der Waals surface area contributed by atoms with Crippen LogP contribution in [-0.2, 0) is 6.61 Å². The summed E-state index contributed by atoms with van der Waals surface area (Å²) in [5.41, 5.74) is 3.76. The molecule has 1 N–H and O–H groups in total. The fourth-order valence-electron chi connectivity index (χ4n) is 3.85. The Morgan fingerprint density at radius 1 is 0.944 bits per heavy atom. The number of nitrogens with zero attached hydrogens (tertiary/aromatic N) is 2. The van der Waals surface area contributed by atoms with E-state index in [0.29, 0.717) is 45.5 Å². The highest BCUT2D eigenvalue weighted by Gasteiger charge is 2.24. The van der Waals surface area contributed by atoms with Crippen LogP contribution in [0.2, 0.25) is 10.0 Å². The van der Waals surface area contributed by atoms with Crippen LogP contribution in [-0.4, -0.2) is 24.1 Å². The number of ether oxygens (including phenoxy) is 2. The minimum Gasteiger partial charge on any atom is -0.496 e. The second-order valence-electron chi connectivity index (χ2n) is 8.49. The summed E-state index contributed by atoms with van der Waals surface area (Å²) >= 11 is 14.6. The van der Waals surface area contributed by atoms with Crippen LogP contribution in [0.5, 0.6) is 11.5 Å². The molecular weight excluding hydrogens is 513 g/mol. The molecule has 0 aliphatic heterocycles. The Labute approximate surface area is 225 Å². The third kappa shape index (κ3) is 5.72. The molecule has 1 fully saturated rings. The first-order chi connectivity index (χ1) is 17.5. The van der Waals surface area contributed by atoms with Crippen molar-refractivity contribution in [1.82, 2.24) is 9.97 Å². The Balaban J connectivity index is 1.47. The maximum Gasteiger partial charge on any atom is 0.224 e. The molecule has 0 spiro atoms. The molecule has 1 saturated carbocycles. The highest BCUT2D eigenvalue weighted by molar-refractivity contribution is 7.99. The van der Waals surface area contributed by atoms with E-state index < -0.39 is 0 Å². The Hall–Kier alpha value is -2.93. The summed E-state index contributed by atoms with van der Waals surface area (Å²) in [6, 6.07) is 21.8. The van der Waals surface area contributed by atoms with E-state index >= 15 is 0 Å². The molecule has 1 heterocycles. The summed E-state index contributed by atoms with van der Waals surface area (Å²) in [6.45, 7) is 0.394. The van der Waals surface area contributed by atoms with Crippen molar-refractivity contribution in [3.05, 3.63) is 87.9 Å². The molecule has 184 valence electrons. The van der Waals surface area contributed by atoms with E-state index in [4.69, 9.17) is 32.7 Å². The number of hydrogen-bond donors (Lipinski definition) is 1. The van der Waals surface area contributed by atoms with E-state index in [1.54, 1.807) is 32.0 Å². The van der Waals surface area contributed by atoms with E-state index in [1.165, 1.54) is 18.4 Å². The number of aromatic nitrogens is 2. The molecule has 36 heavy (non-hydrogen) atoms. The number of halogens is 2. The van der Waals surface area contributed by atoms with Gasteiger partial charge in [0.05, 0.1) is 27.7 Å². The van der Waals surface area contributed by atoms with Crippen LogP contribution in [0.4, 0.5) is 5.95 Å². The van der Waals surface area contributed by atoms with E-state index in [9.17, 15) is 0 Å². The normalized spacial score (nSPS) is 12.9. The van der Waals surface area contributed by atoms with Crippen molar-refractivity contribution in [3.8, 4) is 22.8 Å². The van der Waals surface area contributed by atoms with Gasteiger partial charge in [-0.15, -0.1) is 0 Å². The Kier molecular flexibility index (Phi) is 7.56. The molecule has 3 aromatic carbocycles. The Morgan fingerprint density at radius 2 is 1.75 bits per heavy atom. The molecule has 0 amide bonds. The highest BCUT2D eigenvalue weighted by atomic mass is 35.5. The van der Waals surface area contributed by atoms with Crippen molar-refractivity contribution in [1.29, 1.82) is 0 Å². The van der Waals surface area contributed by atoms with Crippen molar-refractivity contribution >= 4 is 40.9 Å². The average molecular weight is 539 g/mol. The highest BCUT2D eigenvalue weighted by Crippen LogP contribution is 2.44. The SMILES string of the molecule is CNc1nc(Sc2cc(C3CC3)ccc2OC)cc(-c2cc(OCc3ccccc3)c(Cl)cc2Cl)n1. The van der Waals surface area contributed by atoms with Gasteiger partial charge in [-0.1, -0.05) is 71.4 Å². The van der Waals surface area contributed by atoms with Crippen LogP contribution in [0.1, 0.15) is 29.9 Å². The summed E-state index contributed by atoms with van der Waals surface area (Å²) in [6.07, 6.45) is 2.48. The third-order valence-corrected chi connectivity index (χ3v) is 7.48. The number of benzene rings is 3. The summed E-state index contributed by atoms with van der Waals surface area (Å²) in [4.78, 5) is 10.3. The maximum absolute atomic E-state index is 6.62. The Morgan fingerprint density at radius 3 is 2.47 bits per heavy atom. The van der Waals surface area contributed by atoms with Crippen LogP contribution >= 0.6 is 35.0 Å². The van der Waals surface area contributed by atoms with Crippen LogP contribution in [0.25, 0.3) is 11.3 Å². The second kappa shape index (κ2) is 11.0. The smallest absolute Gasteiger partial charge is 0.224 e. The molecule has 0 atom stereocenters. The van der Waals surface area contributed by atoms with Gasteiger partial charge >= 0.3 is 0 Å². The molecule has 5 nitrogen and oxygen atoms in total. The van der Waals surface area contributed by atoms with Crippen LogP contribution in [0, 0.1) is 0 Å². The molecule has 4 aromatic rings. The average Bonchev–Trinajstić information content (AvgIpc) is 3.74. The number of nitrogens with one attached hydrogen (secondary N) is 1. The quantitative estimate of drug-likeness (QED) is 0.217. The molecule has 0 bridgehead atoms. The second-order valence-corrected chi connectivity index (χ2v) is 10.4. The number of methoxy groups -OCH3 is 1. The predicted molar refractivity (Wildman–Crippen MR) is 147 cm³/mol. The van der Waals surface area contributed by atoms with Gasteiger partial charge in [0.25, 0.3) is 0 Å². The summed E-state index contributed by atoms with van der Waals surface area (Å²) in [5, 5.41) is 4.75. The monoisotopic (exact) mass is 537 g/mol. The van der Waals surface area contributed by atoms with Crippen molar-refractivity contribution in [2.45, 2.75) is 35.3 Å². The molecule has 1 aliphatic carbocycles. The standard InChI is InChI=1S/C28H25Cl2N3O2S/c1-31-28-32-23(15-27(33-28)36-26-12-19(18-8-9-18)10-11-24(26)34-2)20-13-25(22(30)14-21(20)29)35-16-17-6-4-3-5-7-17/h3-7,10-15,18H,8-9,16H2,1-2H3,(H,31,32,33). The number of rotatable bonds is 9. The summed E-state index contributed by atoms with van der Waals surface area (Å²) in [5.74, 6) is 2.49. The summed E-state index contributed by atoms with van der Waals surface area (Å²) < 4.78 is 11.6. The van der Waals surface area contributed by atoms with Crippen LogP contribution in [0.3, 0.4) is 0 Å². The van der Waals surface area contributed by atoms with Gasteiger partial charge < -0.3 is 14.8 Å². The van der Waals surface area contributed by atoms with Gasteiger partial charge in [-0.3, -0.25) is 0 Å². The predicted octanol–water partition coefficient (Wildman–Crippen LogP) is 8.11. The van der Waals surface area contributed by atoms with Gasteiger partial charge in [0.1, 0.15) is 23.1 Å². The molecule has 0 saturated heterocycles. The Bertz CT molecular complexity index is 1380. The van der Waals surface area contributed by atoms with E-state index in [0.717, 1.165) is 21.2 Å². The lowest BCUT2D eigenvalue weighted by Crippen LogP contribution is -2.00. The van der Waals surface area contributed by atoms with Crippen LogP contribution in [0.15, 0.2) is 76.7 Å². The lowest BCUT2D eigenvalue weighted by molar-refractivity contribution is 0.306. The van der Waals surface area contributed by atoms with E-state index in [1.807, 2.05) is 48.5 Å². The fraction of sp³-hybridized carbons (Fsp3) is 0.214. The molecule has 5 rings (SSSR count). The minimum absolute atomic E-state index is 0.394. The van der Waals surface area contributed by atoms with Gasteiger partial charge in [-0.25, -0.2) is 9.97 Å². The lowest BCUT2D eigenvalue weighted by atomic mass is 10.1. The van der Waals surface area contributed by atoms with Gasteiger partial charge in [0.15, 0.2) is 0 Å². The zero-order chi connectivity index (χ0) is 25.1. The molecule has 0 radical (unpaired) electrons. The molecule has 1 aliphatic rings. The molecule has 0 unspecified atom stereocenters. The van der Waals surface area contributed by atoms with Gasteiger partial charge in [0, 0.05) is 12.6 Å². The number of hydrogen-bond acceptors (Lipinski definition) is 6. The molecular formula is C28H25Cl2N3O2S. The minimum atomic E-state index is 0.394. The molecule has 1 aromatic heterocycles. The zero-order valence-corrected chi connectivity index (χ0v) is 22.3. The van der Waals surface area contributed by atoms with Gasteiger partial charge in [-0.2, -0.15) is 0 Å². The van der Waals surface area contributed by atoms with Crippen molar-refractivity contribution in [2.75, 3.05) is 19.5 Å². The van der Waals surface area contributed by atoms with Gasteiger partial charge in [-0.05, 0) is 60.2 Å². The summed E-state index contributed by atoms with van der Waals surface area (Å²) in [7, 11) is 3.48. The zero-order valence-electron chi connectivity index (χ0n) is 19.9. The van der Waals surface area contributed by atoms with E-state index in [-0.39, 0.29) is 0 Å². The van der Waals surface area contributed by atoms with Crippen molar-refractivity contribution in [3.63, 3.8) is 0 Å². The lowest BCUT2D eigenvalue weighted by Gasteiger charge is -2.14. The van der Waals surface area contributed by atoms with Gasteiger partial charge in [0.2, 0.25) is 5.95 Å². The van der Waals surface area contributed by atoms with Crippen molar-refractivity contribution in [2.24, 2.45) is 0 Å². The molecule has 8 heteroatoms. The maximum atomic E-state index is 6.62. The first-order valence-corrected chi connectivity index (χ1v) is 13.2. The van der Waals surface area contributed by atoms with Crippen molar-refractivity contribution < 1.29 is 9.47 Å². The van der Waals surface area contributed by atoms with E-state index in [2.05, 4.69) is 27.4 Å². The topological polar surface area (TPSA) is 56.3 Å². The third-order valence-electron chi connectivity index (χ3n) is 5.91.